The van der Waals surface area contributed by atoms with Gasteiger partial charge in [0.15, 0.2) is 8.11 Å². The van der Waals surface area contributed by atoms with Crippen LogP contribution in [-0.4, -0.2) is 16.9 Å². The Bertz CT molecular complexity index is 108. The molecule has 1 aliphatic heterocycles. The zero-order chi connectivity index (χ0) is 8.10. The minimum Gasteiger partial charge on any atom is -0.169 e. The summed E-state index contributed by atoms with van der Waals surface area (Å²) in [7, 11) is -0.300. The van der Waals surface area contributed by atoms with Crippen LogP contribution in [0, 0.1) is 0 Å². The highest BCUT2D eigenvalue weighted by molar-refractivity contribution is 7.11. The Hall–Kier alpha value is 0.724. The van der Waals surface area contributed by atoms with Crippen molar-refractivity contribution >= 4 is 28.0 Å². The lowest BCUT2D eigenvalue weighted by Crippen LogP contribution is -2.24. The first-order valence-corrected chi connectivity index (χ1v) is 9.71. The van der Waals surface area contributed by atoms with Crippen molar-refractivity contribution in [1.29, 1.82) is 0 Å². The Morgan fingerprint density at radius 2 is 2.18 bits per heavy atom. The van der Waals surface area contributed by atoms with Crippen molar-refractivity contribution in [2.45, 2.75) is 50.0 Å². The van der Waals surface area contributed by atoms with E-state index in [0.29, 0.717) is 0 Å². The molecule has 0 aliphatic carbocycles. The van der Waals surface area contributed by atoms with Gasteiger partial charge in [-0.05, 0) is 6.04 Å². The third kappa shape index (κ3) is 3.76. The highest BCUT2D eigenvalue weighted by Gasteiger charge is 2.22. The van der Waals surface area contributed by atoms with E-state index in [-0.39, 0.29) is 16.9 Å². The maximum absolute atomic E-state index is 6.22. The summed E-state index contributed by atoms with van der Waals surface area (Å²) in [6.07, 6.45) is 4.29. The van der Waals surface area contributed by atoms with E-state index in [1.165, 1.54) is 31.0 Å². The molecular formula is C8H17ClSi2. The van der Waals surface area contributed by atoms with Crippen molar-refractivity contribution < 1.29 is 0 Å². The zero-order valence-electron chi connectivity index (χ0n) is 7.33. The monoisotopic (exact) mass is 204 g/mol. The van der Waals surface area contributed by atoms with E-state index in [2.05, 4.69) is 6.92 Å². The van der Waals surface area contributed by atoms with E-state index in [1.807, 2.05) is 0 Å². The van der Waals surface area contributed by atoms with Crippen LogP contribution in [0.4, 0.5) is 0 Å². The Morgan fingerprint density at radius 1 is 1.36 bits per heavy atom. The summed E-state index contributed by atoms with van der Waals surface area (Å²) in [6, 6.07) is 4.49. The fraction of sp³-hybridized carbons (Fsp3) is 1.00. The third-order valence-electron chi connectivity index (χ3n) is 2.30. The average molecular weight is 205 g/mol. The first-order valence-electron chi connectivity index (χ1n) is 4.66. The van der Waals surface area contributed by atoms with Crippen molar-refractivity contribution in [2.75, 3.05) is 0 Å². The van der Waals surface area contributed by atoms with Crippen LogP contribution < -0.4 is 0 Å². The van der Waals surface area contributed by atoms with Crippen LogP contribution in [0.25, 0.3) is 0 Å². The lowest BCUT2D eigenvalue weighted by atomic mass is 10.4. The number of unbranched alkanes of at least 4 members (excludes halogenated alkanes) is 1. The summed E-state index contributed by atoms with van der Waals surface area (Å²) >= 11 is 6.22. The second-order valence-electron chi connectivity index (χ2n) is 3.40. The highest BCUT2D eigenvalue weighted by Crippen LogP contribution is 2.25. The Balaban J connectivity index is 2.12. The molecule has 0 aromatic heterocycles. The molecule has 0 aromatic carbocycles. The molecule has 0 nitrogen and oxygen atoms in total. The minimum absolute atomic E-state index is 0.0540. The van der Waals surface area contributed by atoms with Gasteiger partial charge in [-0.3, -0.25) is 0 Å². The van der Waals surface area contributed by atoms with Crippen molar-refractivity contribution in [3.05, 3.63) is 0 Å². The van der Waals surface area contributed by atoms with Gasteiger partial charge >= 0.3 is 0 Å². The van der Waals surface area contributed by atoms with Gasteiger partial charge in [0.2, 0.25) is 0 Å². The van der Waals surface area contributed by atoms with Gasteiger partial charge < -0.3 is 0 Å². The third-order valence-corrected chi connectivity index (χ3v) is 10.6. The van der Waals surface area contributed by atoms with E-state index in [4.69, 9.17) is 11.1 Å². The smallest absolute Gasteiger partial charge is 0.162 e. The Morgan fingerprint density at radius 3 is 2.82 bits per heavy atom. The average Bonchev–Trinajstić information content (AvgIpc) is 2.01. The van der Waals surface area contributed by atoms with E-state index in [1.54, 1.807) is 12.1 Å². The molecule has 0 bridgehead atoms. The largest absolute Gasteiger partial charge is 0.169 e. The molecule has 0 amide bonds. The van der Waals surface area contributed by atoms with Crippen molar-refractivity contribution in [3.8, 4) is 0 Å². The normalized spacial score (nSPS) is 22.4. The first-order chi connectivity index (χ1) is 5.33. The molecule has 0 atom stereocenters. The molecule has 1 saturated heterocycles. The SMILES string of the molecule is CCCC[Si]1CCC[Si](Cl)C1. The van der Waals surface area contributed by atoms with Crippen molar-refractivity contribution in [3.63, 3.8) is 0 Å². The lowest BCUT2D eigenvalue weighted by Gasteiger charge is -2.22. The van der Waals surface area contributed by atoms with Gasteiger partial charge in [0.05, 0.1) is 0 Å². The van der Waals surface area contributed by atoms with Crippen LogP contribution in [0.2, 0.25) is 23.8 Å². The second kappa shape index (κ2) is 5.38. The summed E-state index contributed by atoms with van der Waals surface area (Å²) in [6.45, 7) is 2.29. The summed E-state index contributed by atoms with van der Waals surface area (Å²) in [5, 5.41) is 0. The summed E-state index contributed by atoms with van der Waals surface area (Å²) in [5.41, 5.74) is 1.48. The van der Waals surface area contributed by atoms with Crippen LogP contribution in [0.3, 0.4) is 0 Å². The zero-order valence-corrected chi connectivity index (χ0v) is 10.1. The summed E-state index contributed by atoms with van der Waals surface area (Å²) < 4.78 is 0. The van der Waals surface area contributed by atoms with Gasteiger partial charge in [0.1, 0.15) is 0 Å². The quantitative estimate of drug-likeness (QED) is 0.488. The maximum atomic E-state index is 6.22. The number of rotatable bonds is 3. The van der Waals surface area contributed by atoms with Crippen LogP contribution in [0.15, 0.2) is 0 Å². The molecule has 2 radical (unpaired) electrons. The molecule has 0 unspecified atom stereocenters. The van der Waals surface area contributed by atoms with Crippen molar-refractivity contribution in [1.82, 2.24) is 0 Å². The predicted octanol–water partition coefficient (Wildman–Crippen LogP) is 3.45. The fourth-order valence-corrected chi connectivity index (χ4v) is 10.7. The molecule has 0 aromatic rings. The number of hydrogen-bond acceptors (Lipinski definition) is 0. The van der Waals surface area contributed by atoms with E-state index < -0.39 is 0 Å². The maximum Gasteiger partial charge on any atom is 0.162 e. The summed E-state index contributed by atoms with van der Waals surface area (Å²) in [4.78, 5) is 0. The molecule has 0 saturated carbocycles. The molecule has 1 fully saturated rings. The molecular weight excluding hydrogens is 188 g/mol. The Kier molecular flexibility index (Phi) is 4.80. The van der Waals surface area contributed by atoms with Gasteiger partial charge in [-0.15, -0.1) is 0 Å². The van der Waals surface area contributed by atoms with Gasteiger partial charge in [-0.1, -0.05) is 43.9 Å². The summed E-state index contributed by atoms with van der Waals surface area (Å²) in [5.74, 6) is 0. The highest BCUT2D eigenvalue weighted by atomic mass is 35.6. The molecule has 1 aliphatic rings. The molecule has 64 valence electrons. The van der Waals surface area contributed by atoms with E-state index in [0.717, 1.165) is 0 Å². The van der Waals surface area contributed by atoms with Gasteiger partial charge in [-0.25, -0.2) is 0 Å². The molecule has 1 heterocycles. The molecule has 11 heavy (non-hydrogen) atoms. The molecule has 3 heteroatoms. The van der Waals surface area contributed by atoms with E-state index >= 15 is 0 Å². The van der Waals surface area contributed by atoms with Crippen LogP contribution in [0.5, 0.6) is 0 Å². The van der Waals surface area contributed by atoms with E-state index in [9.17, 15) is 0 Å². The number of hydrogen-bond donors (Lipinski definition) is 0. The topological polar surface area (TPSA) is 0 Å². The van der Waals surface area contributed by atoms with Gasteiger partial charge in [0, 0.05) is 8.80 Å². The van der Waals surface area contributed by atoms with Crippen molar-refractivity contribution in [2.24, 2.45) is 0 Å². The second-order valence-corrected chi connectivity index (χ2v) is 10.5. The molecule has 0 N–H and O–H groups in total. The number of halogens is 1. The lowest BCUT2D eigenvalue weighted by molar-refractivity contribution is 0.862. The molecule has 1 rings (SSSR count). The predicted molar refractivity (Wildman–Crippen MR) is 56.1 cm³/mol. The van der Waals surface area contributed by atoms with Crippen LogP contribution >= 0.6 is 11.1 Å². The Labute approximate surface area is 78.3 Å². The van der Waals surface area contributed by atoms with Gasteiger partial charge in [0.25, 0.3) is 0 Å². The minimum atomic E-state index is -0.354. The first kappa shape index (κ1) is 9.81. The standard InChI is InChI=1S/C8H17ClSi2/c1-2-3-5-10-6-4-7-11(9)8-10/h2-8H2,1H3. The fourth-order valence-electron chi connectivity index (χ4n) is 1.62. The van der Waals surface area contributed by atoms with Crippen LogP contribution in [0.1, 0.15) is 26.2 Å². The van der Waals surface area contributed by atoms with Crippen LogP contribution in [-0.2, 0) is 0 Å². The molecule has 0 spiro atoms. The van der Waals surface area contributed by atoms with Gasteiger partial charge in [-0.2, -0.15) is 11.1 Å².